The van der Waals surface area contributed by atoms with Gasteiger partial charge in [-0.05, 0) is 43.2 Å². The number of nitrogens with two attached hydrogens (primary N) is 1. The van der Waals surface area contributed by atoms with Gasteiger partial charge in [0, 0.05) is 38.9 Å². The van der Waals surface area contributed by atoms with Crippen LogP contribution in [0.3, 0.4) is 0 Å². The van der Waals surface area contributed by atoms with Crippen LogP contribution in [0.15, 0.2) is 24.3 Å². The van der Waals surface area contributed by atoms with Crippen LogP contribution < -0.4 is 11.1 Å². The van der Waals surface area contributed by atoms with E-state index in [-0.39, 0.29) is 11.8 Å². The Labute approximate surface area is 144 Å². The minimum Gasteiger partial charge on any atom is -0.381 e. The maximum Gasteiger partial charge on any atom is 0.237 e. The summed E-state index contributed by atoms with van der Waals surface area (Å²) < 4.78 is 5.34. The van der Waals surface area contributed by atoms with Crippen molar-refractivity contribution in [1.29, 1.82) is 0 Å². The second-order valence-corrected chi connectivity index (χ2v) is 7.06. The topological polar surface area (TPSA) is 67.6 Å². The van der Waals surface area contributed by atoms with Crippen LogP contribution >= 0.6 is 0 Å². The van der Waals surface area contributed by atoms with Gasteiger partial charge < -0.3 is 15.8 Å². The van der Waals surface area contributed by atoms with Crippen LogP contribution in [0.4, 0.5) is 0 Å². The van der Waals surface area contributed by atoms with Gasteiger partial charge >= 0.3 is 0 Å². The van der Waals surface area contributed by atoms with E-state index in [4.69, 9.17) is 10.5 Å². The van der Waals surface area contributed by atoms with Crippen molar-refractivity contribution >= 4 is 5.91 Å². The van der Waals surface area contributed by atoms with E-state index in [1.807, 2.05) is 0 Å². The molecule has 0 aliphatic carbocycles. The van der Waals surface area contributed by atoms with Gasteiger partial charge in [-0.15, -0.1) is 0 Å². The van der Waals surface area contributed by atoms with E-state index >= 15 is 0 Å². The molecule has 0 bridgehead atoms. The smallest absolute Gasteiger partial charge is 0.237 e. The largest absolute Gasteiger partial charge is 0.381 e. The first kappa shape index (κ1) is 17.4. The Morgan fingerprint density at radius 3 is 2.79 bits per heavy atom. The molecular formula is C19H29N3O2. The normalized spacial score (nSPS) is 21.8. The minimum atomic E-state index is -0.414. The van der Waals surface area contributed by atoms with E-state index in [0.717, 1.165) is 45.6 Å². The van der Waals surface area contributed by atoms with Crippen LogP contribution in [-0.2, 0) is 22.5 Å². The highest BCUT2D eigenvalue weighted by atomic mass is 16.5. The zero-order chi connectivity index (χ0) is 16.9. The maximum absolute atomic E-state index is 12.3. The highest BCUT2D eigenvalue weighted by molar-refractivity contribution is 5.81. The SMILES string of the molecule is CC(CNC(=O)C(N)C1CCOCC1)N1CCc2ccccc2C1. The molecular weight excluding hydrogens is 302 g/mol. The third-order valence-corrected chi connectivity index (χ3v) is 5.43. The predicted octanol–water partition coefficient (Wildman–Crippen LogP) is 1.30. The Hall–Kier alpha value is -1.43. The van der Waals surface area contributed by atoms with Crippen molar-refractivity contribution in [2.24, 2.45) is 11.7 Å². The lowest BCUT2D eigenvalue weighted by Crippen LogP contribution is -2.51. The number of fused-ring (bicyclic) bond motifs is 1. The molecule has 1 aromatic carbocycles. The van der Waals surface area contributed by atoms with Crippen molar-refractivity contribution in [3.05, 3.63) is 35.4 Å². The standard InChI is InChI=1S/C19H29N3O2/c1-14(22-9-6-15-4-2-3-5-17(15)13-22)12-21-19(23)18(20)16-7-10-24-11-8-16/h2-5,14,16,18H,6-13,20H2,1H3,(H,21,23). The third-order valence-electron chi connectivity index (χ3n) is 5.43. The Bertz CT molecular complexity index is 557. The molecule has 2 heterocycles. The molecule has 3 rings (SSSR count). The number of benzene rings is 1. The third kappa shape index (κ3) is 4.15. The molecule has 2 aliphatic rings. The van der Waals surface area contributed by atoms with Crippen molar-refractivity contribution in [2.45, 2.75) is 44.8 Å². The van der Waals surface area contributed by atoms with Gasteiger partial charge in [-0.25, -0.2) is 0 Å². The molecule has 2 unspecified atom stereocenters. The fourth-order valence-corrected chi connectivity index (χ4v) is 3.68. The molecule has 1 aromatic rings. The molecule has 2 atom stereocenters. The van der Waals surface area contributed by atoms with Crippen molar-refractivity contribution in [1.82, 2.24) is 10.2 Å². The van der Waals surface area contributed by atoms with E-state index < -0.39 is 6.04 Å². The Morgan fingerprint density at radius 1 is 1.33 bits per heavy atom. The fraction of sp³-hybridized carbons (Fsp3) is 0.632. The van der Waals surface area contributed by atoms with Crippen LogP contribution in [0.2, 0.25) is 0 Å². The molecule has 2 aliphatic heterocycles. The number of amides is 1. The van der Waals surface area contributed by atoms with Gasteiger partial charge in [0.1, 0.15) is 0 Å². The number of nitrogens with zero attached hydrogens (tertiary/aromatic N) is 1. The molecule has 0 aromatic heterocycles. The highest BCUT2D eigenvalue weighted by Crippen LogP contribution is 2.20. The summed E-state index contributed by atoms with van der Waals surface area (Å²) in [5.41, 5.74) is 8.99. The molecule has 5 nitrogen and oxygen atoms in total. The van der Waals surface area contributed by atoms with Crippen molar-refractivity contribution in [3.8, 4) is 0 Å². The zero-order valence-electron chi connectivity index (χ0n) is 14.5. The summed E-state index contributed by atoms with van der Waals surface area (Å²) in [7, 11) is 0. The van der Waals surface area contributed by atoms with E-state index in [1.165, 1.54) is 11.1 Å². The highest BCUT2D eigenvalue weighted by Gasteiger charge is 2.27. The van der Waals surface area contributed by atoms with E-state index in [0.29, 0.717) is 12.6 Å². The molecule has 0 saturated carbocycles. The molecule has 1 saturated heterocycles. The van der Waals surface area contributed by atoms with Crippen LogP contribution in [-0.4, -0.2) is 49.2 Å². The van der Waals surface area contributed by atoms with E-state index in [9.17, 15) is 4.79 Å². The van der Waals surface area contributed by atoms with Crippen molar-refractivity contribution in [3.63, 3.8) is 0 Å². The summed E-state index contributed by atoms with van der Waals surface area (Å²) in [6.45, 7) is 6.26. The lowest BCUT2D eigenvalue weighted by atomic mass is 9.92. The fourth-order valence-electron chi connectivity index (χ4n) is 3.68. The summed E-state index contributed by atoms with van der Waals surface area (Å²) in [5, 5.41) is 3.05. The number of carbonyl (C=O) groups is 1. The van der Waals surface area contributed by atoms with Gasteiger partial charge in [-0.3, -0.25) is 9.69 Å². The van der Waals surface area contributed by atoms with Gasteiger partial charge in [-0.2, -0.15) is 0 Å². The molecule has 1 fully saturated rings. The van der Waals surface area contributed by atoms with Gasteiger partial charge in [0.15, 0.2) is 0 Å². The molecule has 5 heteroatoms. The molecule has 1 amide bonds. The van der Waals surface area contributed by atoms with Crippen LogP contribution in [0.1, 0.15) is 30.9 Å². The average molecular weight is 331 g/mol. The lowest BCUT2D eigenvalue weighted by Gasteiger charge is -2.34. The number of ether oxygens (including phenoxy) is 1. The lowest BCUT2D eigenvalue weighted by molar-refractivity contribution is -0.124. The maximum atomic E-state index is 12.3. The first-order valence-corrected chi connectivity index (χ1v) is 9.07. The predicted molar refractivity (Wildman–Crippen MR) is 94.5 cm³/mol. The van der Waals surface area contributed by atoms with E-state index in [2.05, 4.69) is 41.4 Å². The summed E-state index contributed by atoms with van der Waals surface area (Å²) in [6.07, 6.45) is 2.84. The second-order valence-electron chi connectivity index (χ2n) is 7.06. The number of rotatable bonds is 5. The number of hydrogen-bond donors (Lipinski definition) is 2. The average Bonchev–Trinajstić information content (AvgIpc) is 2.65. The molecule has 132 valence electrons. The quantitative estimate of drug-likeness (QED) is 0.853. The second kappa shape index (κ2) is 8.10. The molecule has 0 radical (unpaired) electrons. The summed E-state index contributed by atoms with van der Waals surface area (Å²) in [4.78, 5) is 14.8. The van der Waals surface area contributed by atoms with Gasteiger partial charge in [-0.1, -0.05) is 24.3 Å². The number of hydrogen-bond acceptors (Lipinski definition) is 4. The first-order valence-electron chi connectivity index (χ1n) is 9.07. The number of carbonyl (C=O) groups excluding carboxylic acids is 1. The van der Waals surface area contributed by atoms with Crippen LogP contribution in [0.5, 0.6) is 0 Å². The molecule has 3 N–H and O–H groups in total. The summed E-state index contributed by atoms with van der Waals surface area (Å²) >= 11 is 0. The molecule has 0 spiro atoms. The summed E-state index contributed by atoms with van der Waals surface area (Å²) in [5.74, 6) is 0.224. The number of nitrogens with one attached hydrogen (secondary N) is 1. The van der Waals surface area contributed by atoms with Gasteiger partial charge in [0.25, 0.3) is 0 Å². The zero-order valence-corrected chi connectivity index (χ0v) is 14.5. The summed E-state index contributed by atoms with van der Waals surface area (Å²) in [6, 6.07) is 8.52. The van der Waals surface area contributed by atoms with Crippen LogP contribution in [0.25, 0.3) is 0 Å². The Morgan fingerprint density at radius 2 is 2.04 bits per heavy atom. The Kier molecular flexibility index (Phi) is 5.87. The van der Waals surface area contributed by atoms with E-state index in [1.54, 1.807) is 0 Å². The van der Waals surface area contributed by atoms with Crippen molar-refractivity contribution in [2.75, 3.05) is 26.3 Å². The minimum absolute atomic E-state index is 0.0221. The van der Waals surface area contributed by atoms with Crippen molar-refractivity contribution < 1.29 is 9.53 Å². The van der Waals surface area contributed by atoms with Gasteiger partial charge in [0.2, 0.25) is 5.91 Å². The van der Waals surface area contributed by atoms with Gasteiger partial charge in [0.05, 0.1) is 6.04 Å². The monoisotopic (exact) mass is 331 g/mol. The Balaban J connectivity index is 1.47. The molecule has 24 heavy (non-hydrogen) atoms. The van der Waals surface area contributed by atoms with Crippen LogP contribution in [0, 0.1) is 5.92 Å². The first-order chi connectivity index (χ1) is 11.6.